The van der Waals surface area contributed by atoms with Crippen LogP contribution in [0.25, 0.3) is 5.69 Å². The molecule has 0 radical (unpaired) electrons. The Morgan fingerprint density at radius 2 is 2.00 bits per heavy atom. The summed E-state index contributed by atoms with van der Waals surface area (Å²) in [7, 11) is 0. The van der Waals surface area contributed by atoms with Crippen molar-refractivity contribution in [3.63, 3.8) is 0 Å². The molecule has 25 heavy (non-hydrogen) atoms. The van der Waals surface area contributed by atoms with Gasteiger partial charge in [-0.1, -0.05) is 19.9 Å². The van der Waals surface area contributed by atoms with Crippen LogP contribution in [-0.4, -0.2) is 51.8 Å². The Balaban J connectivity index is 1.64. The van der Waals surface area contributed by atoms with Gasteiger partial charge in [0.2, 0.25) is 5.82 Å². The number of amides is 1. The van der Waals surface area contributed by atoms with Crippen LogP contribution in [0.1, 0.15) is 36.2 Å². The molecule has 0 spiro atoms. The number of aromatic nitrogens is 3. The molecule has 1 aromatic carbocycles. The second-order valence-electron chi connectivity index (χ2n) is 7.23. The second-order valence-corrected chi connectivity index (χ2v) is 7.23. The van der Waals surface area contributed by atoms with Crippen LogP contribution in [0, 0.1) is 17.7 Å². The van der Waals surface area contributed by atoms with Crippen LogP contribution >= 0.6 is 0 Å². The minimum Gasteiger partial charge on any atom is -0.335 e. The fraction of sp³-hybridized carbons (Fsp3) is 0.500. The third-order valence-corrected chi connectivity index (χ3v) is 5.07. The summed E-state index contributed by atoms with van der Waals surface area (Å²) in [4.78, 5) is 19.2. The molecule has 2 aliphatic heterocycles. The van der Waals surface area contributed by atoms with Crippen molar-refractivity contribution in [2.45, 2.75) is 19.8 Å². The molecule has 3 heterocycles. The summed E-state index contributed by atoms with van der Waals surface area (Å²) in [6, 6.07) is 6.19. The first kappa shape index (κ1) is 16.2. The number of carbonyl (C=O) groups excluding carboxylic acids is 1. The molecule has 1 aromatic heterocycles. The maximum atomic E-state index is 13.6. The monoisotopic (exact) mass is 343 g/mol. The quantitative estimate of drug-likeness (QED) is 0.923. The molecule has 2 aromatic rings. The summed E-state index contributed by atoms with van der Waals surface area (Å²) in [5, 5.41) is 7.78. The van der Waals surface area contributed by atoms with Crippen molar-refractivity contribution < 1.29 is 9.18 Å². The van der Waals surface area contributed by atoms with Crippen LogP contribution < -0.4 is 5.32 Å². The zero-order valence-electron chi connectivity index (χ0n) is 14.4. The normalized spacial score (nSPS) is 22.6. The van der Waals surface area contributed by atoms with E-state index in [2.05, 4.69) is 15.4 Å². The average Bonchev–Trinajstić information content (AvgIpc) is 3.28. The first-order valence-electron chi connectivity index (χ1n) is 8.76. The number of likely N-dealkylation sites (tertiary alicyclic amines) is 1. The molecule has 4 rings (SSSR count). The van der Waals surface area contributed by atoms with E-state index in [9.17, 15) is 9.18 Å². The van der Waals surface area contributed by atoms with Crippen LogP contribution in [0.5, 0.6) is 0 Å². The molecule has 0 saturated carbocycles. The van der Waals surface area contributed by atoms with Crippen molar-refractivity contribution in [3.05, 3.63) is 41.7 Å². The summed E-state index contributed by atoms with van der Waals surface area (Å²) in [6.45, 7) is 7.41. The van der Waals surface area contributed by atoms with E-state index >= 15 is 0 Å². The van der Waals surface area contributed by atoms with E-state index in [0.29, 0.717) is 23.3 Å². The first-order valence-corrected chi connectivity index (χ1v) is 8.76. The van der Waals surface area contributed by atoms with E-state index in [1.54, 1.807) is 16.8 Å². The lowest BCUT2D eigenvalue weighted by Crippen LogP contribution is -2.32. The van der Waals surface area contributed by atoms with Crippen LogP contribution in [0.4, 0.5) is 4.39 Å². The van der Waals surface area contributed by atoms with Gasteiger partial charge in [-0.25, -0.2) is 14.1 Å². The number of fused-ring (bicyclic) bond motifs is 1. The second kappa shape index (κ2) is 6.22. The molecule has 6 nitrogen and oxygen atoms in total. The van der Waals surface area contributed by atoms with Gasteiger partial charge in [0, 0.05) is 32.1 Å². The van der Waals surface area contributed by atoms with Gasteiger partial charge in [-0.2, -0.15) is 0 Å². The van der Waals surface area contributed by atoms with E-state index in [1.165, 1.54) is 12.1 Å². The lowest BCUT2D eigenvalue weighted by atomic mass is 10.0. The van der Waals surface area contributed by atoms with Gasteiger partial charge in [0.05, 0.1) is 5.69 Å². The smallest absolute Gasteiger partial charge is 0.293 e. The highest BCUT2D eigenvalue weighted by molar-refractivity contribution is 5.90. The number of nitrogens with one attached hydrogen (secondary N) is 1. The highest BCUT2D eigenvalue weighted by atomic mass is 19.1. The van der Waals surface area contributed by atoms with Gasteiger partial charge in [-0.05, 0) is 30.0 Å². The van der Waals surface area contributed by atoms with Crippen molar-refractivity contribution in [1.82, 2.24) is 25.0 Å². The third kappa shape index (κ3) is 2.93. The zero-order valence-corrected chi connectivity index (χ0v) is 14.4. The Kier molecular flexibility index (Phi) is 4.03. The third-order valence-electron chi connectivity index (χ3n) is 5.07. The number of halogens is 1. The van der Waals surface area contributed by atoms with Gasteiger partial charge >= 0.3 is 0 Å². The Morgan fingerprint density at radius 1 is 1.28 bits per heavy atom. The first-order chi connectivity index (χ1) is 12.0. The Morgan fingerprint density at radius 3 is 2.64 bits per heavy atom. The van der Waals surface area contributed by atoms with Crippen molar-refractivity contribution in [1.29, 1.82) is 0 Å². The van der Waals surface area contributed by atoms with Crippen molar-refractivity contribution in [2.24, 2.45) is 11.8 Å². The van der Waals surface area contributed by atoms with Gasteiger partial charge in [0.15, 0.2) is 0 Å². The van der Waals surface area contributed by atoms with Crippen LogP contribution in [-0.2, 0) is 0 Å². The summed E-state index contributed by atoms with van der Waals surface area (Å²) >= 11 is 0. The maximum absolute atomic E-state index is 13.6. The molecule has 0 bridgehead atoms. The SMILES string of the molecule is CC(C)c1nc(C(=O)N2C[C@H]3CNC[C@H]3C2)nn1-c1cccc(F)c1. The molecule has 1 amide bonds. The molecule has 7 heteroatoms. The molecular weight excluding hydrogens is 321 g/mol. The van der Waals surface area contributed by atoms with Gasteiger partial charge in [0.1, 0.15) is 11.6 Å². The van der Waals surface area contributed by atoms with Crippen molar-refractivity contribution in [3.8, 4) is 5.69 Å². The molecule has 2 fully saturated rings. The highest BCUT2D eigenvalue weighted by Crippen LogP contribution is 2.27. The lowest BCUT2D eigenvalue weighted by molar-refractivity contribution is 0.0769. The average molecular weight is 343 g/mol. The van der Waals surface area contributed by atoms with E-state index in [-0.39, 0.29) is 23.5 Å². The van der Waals surface area contributed by atoms with Crippen LogP contribution in [0.15, 0.2) is 24.3 Å². The van der Waals surface area contributed by atoms with Crippen LogP contribution in [0.3, 0.4) is 0 Å². The fourth-order valence-corrected chi connectivity index (χ4v) is 3.75. The van der Waals surface area contributed by atoms with E-state index < -0.39 is 0 Å². The number of hydrogen-bond donors (Lipinski definition) is 1. The number of benzene rings is 1. The largest absolute Gasteiger partial charge is 0.335 e. The van der Waals surface area contributed by atoms with Gasteiger partial charge in [-0.15, -0.1) is 5.10 Å². The van der Waals surface area contributed by atoms with Gasteiger partial charge in [-0.3, -0.25) is 4.79 Å². The molecule has 2 atom stereocenters. The molecule has 1 N–H and O–H groups in total. The standard InChI is InChI=1S/C18H22FN5O/c1-11(2)17-21-16(22-24(17)15-5-3-4-14(19)6-15)18(25)23-9-12-7-20-8-13(12)10-23/h3-6,11-13,20H,7-10H2,1-2H3/t12-,13+. The summed E-state index contributed by atoms with van der Waals surface area (Å²) in [5.74, 6) is 1.51. The number of rotatable bonds is 3. The number of hydrogen-bond acceptors (Lipinski definition) is 4. The molecule has 0 unspecified atom stereocenters. The molecule has 2 aliphatic rings. The topological polar surface area (TPSA) is 63.1 Å². The summed E-state index contributed by atoms with van der Waals surface area (Å²) < 4.78 is 15.2. The molecule has 2 saturated heterocycles. The van der Waals surface area contributed by atoms with Gasteiger partial charge in [0.25, 0.3) is 5.91 Å². The van der Waals surface area contributed by atoms with Crippen molar-refractivity contribution >= 4 is 5.91 Å². The van der Waals surface area contributed by atoms with Crippen LogP contribution in [0.2, 0.25) is 0 Å². The molecule has 0 aliphatic carbocycles. The zero-order chi connectivity index (χ0) is 17.6. The number of carbonyl (C=O) groups is 1. The minimum atomic E-state index is -0.338. The maximum Gasteiger partial charge on any atom is 0.293 e. The number of nitrogens with zero attached hydrogens (tertiary/aromatic N) is 4. The fourth-order valence-electron chi connectivity index (χ4n) is 3.75. The van der Waals surface area contributed by atoms with Gasteiger partial charge < -0.3 is 10.2 Å². The summed E-state index contributed by atoms with van der Waals surface area (Å²) in [6.07, 6.45) is 0. The Hall–Kier alpha value is -2.28. The minimum absolute atomic E-state index is 0.0690. The van der Waals surface area contributed by atoms with E-state index in [1.807, 2.05) is 18.7 Å². The van der Waals surface area contributed by atoms with E-state index in [4.69, 9.17) is 0 Å². The van der Waals surface area contributed by atoms with E-state index in [0.717, 1.165) is 26.2 Å². The predicted molar refractivity (Wildman–Crippen MR) is 91.2 cm³/mol. The van der Waals surface area contributed by atoms with Crippen molar-refractivity contribution in [2.75, 3.05) is 26.2 Å². The summed E-state index contributed by atoms with van der Waals surface area (Å²) in [5.41, 5.74) is 0.581. The Labute approximate surface area is 146 Å². The Bertz CT molecular complexity index is 791. The molecule has 132 valence electrons. The predicted octanol–water partition coefficient (Wildman–Crippen LogP) is 1.82. The lowest BCUT2D eigenvalue weighted by Gasteiger charge is -2.15. The highest BCUT2D eigenvalue weighted by Gasteiger charge is 2.39. The molecular formula is C18H22FN5O.